The Hall–Kier alpha value is -0.120. The Balaban J connectivity index is 2.28. The number of nitrogens with zero attached hydrogens (tertiary/aromatic N) is 1. The molecule has 1 rings (SSSR count). The molecule has 19 heavy (non-hydrogen) atoms. The number of hydrogen-bond acceptors (Lipinski definition) is 3. The van der Waals surface area contributed by atoms with E-state index in [-0.39, 0.29) is 0 Å². The smallest absolute Gasteiger partial charge is 0.0596 e. The maximum Gasteiger partial charge on any atom is 0.0596 e. The van der Waals surface area contributed by atoms with Crippen LogP contribution in [-0.2, 0) is 4.74 Å². The first-order chi connectivity index (χ1) is 8.95. The molecule has 0 bridgehead atoms. The maximum absolute atomic E-state index is 5.64. The molecule has 114 valence electrons. The molecule has 1 saturated carbocycles. The lowest BCUT2D eigenvalue weighted by molar-refractivity contribution is 0.0546. The minimum atomic E-state index is 0.340. The second-order valence-electron chi connectivity index (χ2n) is 6.87. The molecule has 0 radical (unpaired) electrons. The van der Waals surface area contributed by atoms with Crippen LogP contribution < -0.4 is 5.32 Å². The molecule has 3 nitrogen and oxygen atoms in total. The molecular weight excluding hydrogens is 236 g/mol. The Morgan fingerprint density at radius 2 is 2.05 bits per heavy atom. The number of rotatable bonds is 11. The van der Waals surface area contributed by atoms with Gasteiger partial charge in [0.25, 0.3) is 0 Å². The Kier molecular flexibility index (Phi) is 7.33. The molecule has 1 N–H and O–H groups in total. The summed E-state index contributed by atoms with van der Waals surface area (Å²) in [7, 11) is 2.22. The van der Waals surface area contributed by atoms with Crippen LogP contribution in [0.4, 0.5) is 0 Å². The Bertz CT molecular complexity index is 241. The van der Waals surface area contributed by atoms with Crippen molar-refractivity contribution in [3.05, 3.63) is 0 Å². The van der Waals surface area contributed by atoms with E-state index >= 15 is 0 Å². The largest absolute Gasteiger partial charge is 0.377 e. The van der Waals surface area contributed by atoms with Crippen LogP contribution in [0.3, 0.4) is 0 Å². The van der Waals surface area contributed by atoms with E-state index in [9.17, 15) is 0 Å². The standard InChI is InChI=1S/C16H34N2O/c1-6-9-16(4,12-17-15-7-8-15)13-18(5)10-11-19-14(2)3/h14-15,17H,6-13H2,1-5H3. The zero-order valence-electron chi connectivity index (χ0n) is 13.7. The van der Waals surface area contributed by atoms with E-state index in [2.05, 4.69) is 45.0 Å². The van der Waals surface area contributed by atoms with E-state index in [0.717, 1.165) is 32.3 Å². The third kappa shape index (κ3) is 7.91. The number of likely N-dealkylation sites (N-methyl/N-ethyl adjacent to an activating group) is 1. The summed E-state index contributed by atoms with van der Waals surface area (Å²) < 4.78 is 5.64. The van der Waals surface area contributed by atoms with Gasteiger partial charge < -0.3 is 15.0 Å². The number of nitrogens with one attached hydrogen (secondary N) is 1. The first-order valence-electron chi connectivity index (χ1n) is 7.99. The summed E-state index contributed by atoms with van der Waals surface area (Å²) in [4.78, 5) is 2.42. The molecule has 1 atom stereocenters. The van der Waals surface area contributed by atoms with Gasteiger partial charge in [0, 0.05) is 25.7 Å². The Labute approximate surface area is 120 Å². The van der Waals surface area contributed by atoms with Crippen molar-refractivity contribution < 1.29 is 4.74 Å². The molecule has 0 heterocycles. The number of hydrogen-bond donors (Lipinski definition) is 1. The summed E-state index contributed by atoms with van der Waals surface area (Å²) >= 11 is 0. The van der Waals surface area contributed by atoms with Gasteiger partial charge in [0.1, 0.15) is 0 Å². The van der Waals surface area contributed by atoms with Crippen LogP contribution in [-0.4, -0.2) is 50.3 Å². The Morgan fingerprint density at radius 1 is 1.37 bits per heavy atom. The monoisotopic (exact) mass is 270 g/mol. The van der Waals surface area contributed by atoms with E-state index in [1.165, 1.54) is 25.7 Å². The van der Waals surface area contributed by atoms with E-state index in [1.807, 2.05) is 0 Å². The van der Waals surface area contributed by atoms with Gasteiger partial charge in [0.2, 0.25) is 0 Å². The van der Waals surface area contributed by atoms with Crippen molar-refractivity contribution in [3.8, 4) is 0 Å². The van der Waals surface area contributed by atoms with Crippen LogP contribution >= 0.6 is 0 Å². The van der Waals surface area contributed by atoms with Gasteiger partial charge in [-0.25, -0.2) is 0 Å². The topological polar surface area (TPSA) is 24.5 Å². The van der Waals surface area contributed by atoms with E-state index < -0.39 is 0 Å². The molecular formula is C16H34N2O. The van der Waals surface area contributed by atoms with Crippen molar-refractivity contribution in [1.82, 2.24) is 10.2 Å². The van der Waals surface area contributed by atoms with Crippen molar-refractivity contribution >= 4 is 0 Å². The van der Waals surface area contributed by atoms with Gasteiger partial charge in [0.15, 0.2) is 0 Å². The van der Waals surface area contributed by atoms with Crippen LogP contribution in [0.15, 0.2) is 0 Å². The first kappa shape index (κ1) is 16.9. The average molecular weight is 270 g/mol. The zero-order chi connectivity index (χ0) is 14.3. The summed E-state index contributed by atoms with van der Waals surface area (Å²) in [6.07, 6.45) is 5.65. The van der Waals surface area contributed by atoms with Crippen LogP contribution in [0.2, 0.25) is 0 Å². The van der Waals surface area contributed by atoms with Crippen LogP contribution in [0, 0.1) is 5.41 Å². The molecule has 0 aromatic heterocycles. The van der Waals surface area contributed by atoms with Crippen molar-refractivity contribution in [2.75, 3.05) is 33.3 Å². The molecule has 0 aliphatic heterocycles. The lowest BCUT2D eigenvalue weighted by Gasteiger charge is -2.34. The van der Waals surface area contributed by atoms with Crippen molar-refractivity contribution in [1.29, 1.82) is 0 Å². The highest BCUT2D eigenvalue weighted by atomic mass is 16.5. The van der Waals surface area contributed by atoms with Crippen molar-refractivity contribution in [3.63, 3.8) is 0 Å². The molecule has 0 aromatic rings. The second kappa shape index (κ2) is 8.23. The predicted octanol–water partition coefficient (Wildman–Crippen LogP) is 2.90. The average Bonchev–Trinajstić information content (AvgIpc) is 3.09. The fourth-order valence-electron chi connectivity index (χ4n) is 2.68. The maximum atomic E-state index is 5.64. The van der Waals surface area contributed by atoms with Crippen LogP contribution in [0.25, 0.3) is 0 Å². The minimum Gasteiger partial charge on any atom is -0.377 e. The summed E-state index contributed by atoms with van der Waals surface area (Å²) in [5.74, 6) is 0. The van der Waals surface area contributed by atoms with Crippen LogP contribution in [0.1, 0.15) is 53.4 Å². The van der Waals surface area contributed by atoms with Crippen LogP contribution in [0.5, 0.6) is 0 Å². The molecule has 1 aliphatic carbocycles. The van der Waals surface area contributed by atoms with Gasteiger partial charge in [-0.05, 0) is 45.6 Å². The van der Waals surface area contributed by atoms with Gasteiger partial charge in [0.05, 0.1) is 12.7 Å². The predicted molar refractivity (Wildman–Crippen MR) is 82.6 cm³/mol. The van der Waals surface area contributed by atoms with Gasteiger partial charge >= 0.3 is 0 Å². The number of ether oxygens (including phenoxy) is 1. The fourth-order valence-corrected chi connectivity index (χ4v) is 2.68. The fraction of sp³-hybridized carbons (Fsp3) is 1.00. The van der Waals surface area contributed by atoms with Gasteiger partial charge in [-0.15, -0.1) is 0 Å². The molecule has 3 heteroatoms. The highest BCUT2D eigenvalue weighted by Gasteiger charge is 2.28. The first-order valence-corrected chi connectivity index (χ1v) is 7.99. The third-order valence-electron chi connectivity index (χ3n) is 3.82. The molecule has 1 fully saturated rings. The quantitative estimate of drug-likeness (QED) is 0.625. The van der Waals surface area contributed by atoms with E-state index in [1.54, 1.807) is 0 Å². The molecule has 0 spiro atoms. The summed E-state index contributed by atoms with van der Waals surface area (Å²) in [5, 5.41) is 3.70. The Morgan fingerprint density at radius 3 is 2.58 bits per heavy atom. The summed E-state index contributed by atoms with van der Waals surface area (Å²) in [6.45, 7) is 13.1. The SMILES string of the molecule is CCCC(C)(CNC1CC1)CN(C)CCOC(C)C. The van der Waals surface area contributed by atoms with Crippen molar-refractivity contribution in [2.24, 2.45) is 5.41 Å². The lowest BCUT2D eigenvalue weighted by atomic mass is 9.85. The molecule has 1 aliphatic rings. The lowest BCUT2D eigenvalue weighted by Crippen LogP contribution is -2.42. The zero-order valence-corrected chi connectivity index (χ0v) is 13.7. The molecule has 0 amide bonds. The highest BCUT2D eigenvalue weighted by Crippen LogP contribution is 2.26. The molecule has 0 aromatic carbocycles. The van der Waals surface area contributed by atoms with Crippen molar-refractivity contribution in [2.45, 2.75) is 65.5 Å². The normalized spacial score (nSPS) is 19.1. The van der Waals surface area contributed by atoms with E-state index in [0.29, 0.717) is 11.5 Å². The second-order valence-corrected chi connectivity index (χ2v) is 6.87. The van der Waals surface area contributed by atoms with Gasteiger partial charge in [-0.2, -0.15) is 0 Å². The molecule has 0 saturated heterocycles. The third-order valence-corrected chi connectivity index (χ3v) is 3.82. The molecule has 1 unspecified atom stereocenters. The summed E-state index contributed by atoms with van der Waals surface area (Å²) in [5.41, 5.74) is 0.393. The summed E-state index contributed by atoms with van der Waals surface area (Å²) in [6, 6.07) is 0.811. The van der Waals surface area contributed by atoms with Gasteiger partial charge in [-0.1, -0.05) is 20.3 Å². The van der Waals surface area contributed by atoms with Gasteiger partial charge in [-0.3, -0.25) is 0 Å². The highest BCUT2D eigenvalue weighted by molar-refractivity contribution is 4.86. The van der Waals surface area contributed by atoms with E-state index in [4.69, 9.17) is 4.74 Å². The minimum absolute atomic E-state index is 0.340.